The molecule has 0 atom stereocenters. The zero-order chi connectivity index (χ0) is 17.4. The molecule has 4 rings (SSSR count). The van der Waals surface area contributed by atoms with Crippen LogP contribution in [0.4, 0.5) is 5.69 Å². The molecular formula is C16H13N5O4. The first kappa shape index (κ1) is 15.1. The number of aromatic nitrogens is 4. The molecule has 0 saturated carbocycles. The molecule has 0 saturated heterocycles. The number of methoxy groups -OCH3 is 1. The fourth-order valence-corrected chi connectivity index (χ4v) is 2.45. The highest BCUT2D eigenvalue weighted by molar-refractivity contribution is 5.99. The minimum Gasteiger partial charge on any atom is -0.479 e. The molecule has 0 radical (unpaired) electrons. The molecule has 126 valence electrons. The Hall–Kier alpha value is -3.49. The Kier molecular flexibility index (Phi) is 3.53. The van der Waals surface area contributed by atoms with Crippen LogP contribution in [0.25, 0.3) is 5.65 Å². The van der Waals surface area contributed by atoms with Crippen molar-refractivity contribution in [1.29, 1.82) is 0 Å². The van der Waals surface area contributed by atoms with Gasteiger partial charge in [-0.1, -0.05) is 12.1 Å². The number of hydrogen-bond acceptors (Lipinski definition) is 8. The van der Waals surface area contributed by atoms with Crippen LogP contribution < -0.4 is 4.74 Å². The summed E-state index contributed by atoms with van der Waals surface area (Å²) in [5, 5.41) is 12.4. The fraction of sp³-hybridized carbons (Fsp3) is 0.188. The number of rotatable bonds is 2. The van der Waals surface area contributed by atoms with Gasteiger partial charge in [0.05, 0.1) is 19.9 Å². The highest BCUT2D eigenvalue weighted by Crippen LogP contribution is 2.36. The second-order valence-electron chi connectivity index (χ2n) is 5.06. The van der Waals surface area contributed by atoms with E-state index < -0.39 is 5.97 Å². The van der Waals surface area contributed by atoms with Gasteiger partial charge >= 0.3 is 5.97 Å². The Bertz CT molecular complexity index is 1010. The number of fused-ring (bicyclic) bond motifs is 4. The number of carbonyl (C=O) groups is 1. The van der Waals surface area contributed by atoms with Crippen molar-refractivity contribution >= 4 is 23.2 Å². The quantitative estimate of drug-likeness (QED) is 0.659. The number of carbonyl (C=O) groups excluding carboxylic acids is 1. The van der Waals surface area contributed by atoms with Crippen molar-refractivity contribution < 1.29 is 19.0 Å². The van der Waals surface area contributed by atoms with E-state index in [1.54, 1.807) is 19.1 Å². The lowest BCUT2D eigenvalue weighted by Gasteiger charge is -2.09. The van der Waals surface area contributed by atoms with Crippen LogP contribution in [0.2, 0.25) is 0 Å². The predicted molar refractivity (Wildman–Crippen MR) is 86.5 cm³/mol. The van der Waals surface area contributed by atoms with Crippen LogP contribution in [0.5, 0.6) is 11.6 Å². The van der Waals surface area contributed by atoms with Gasteiger partial charge in [-0.15, -0.1) is 10.2 Å². The molecule has 0 unspecified atom stereocenters. The molecule has 0 aliphatic carbocycles. The third-order valence-electron chi connectivity index (χ3n) is 3.57. The van der Waals surface area contributed by atoms with Gasteiger partial charge in [0, 0.05) is 0 Å². The number of esters is 1. The Morgan fingerprint density at radius 1 is 1.28 bits per heavy atom. The van der Waals surface area contributed by atoms with Crippen molar-refractivity contribution in [1.82, 2.24) is 19.8 Å². The number of hydrogen-bond donors (Lipinski definition) is 0. The minimum atomic E-state index is -0.526. The third-order valence-corrected chi connectivity index (χ3v) is 3.57. The number of ether oxygens (including phenoxy) is 3. The summed E-state index contributed by atoms with van der Waals surface area (Å²) in [5.41, 5.74) is 1.30. The molecule has 1 aliphatic rings. The lowest BCUT2D eigenvalue weighted by molar-refractivity contribution is 0.0528. The van der Waals surface area contributed by atoms with E-state index in [1.807, 2.05) is 12.1 Å². The van der Waals surface area contributed by atoms with Crippen LogP contribution in [0.1, 0.15) is 23.0 Å². The van der Waals surface area contributed by atoms with Gasteiger partial charge in [-0.2, -0.15) is 9.61 Å². The maximum atomic E-state index is 12.0. The fourth-order valence-electron chi connectivity index (χ4n) is 2.45. The monoisotopic (exact) mass is 339 g/mol. The minimum absolute atomic E-state index is 0.203. The van der Waals surface area contributed by atoms with Crippen molar-refractivity contribution in [3.8, 4) is 11.6 Å². The van der Waals surface area contributed by atoms with Crippen molar-refractivity contribution in [2.75, 3.05) is 13.7 Å². The second-order valence-corrected chi connectivity index (χ2v) is 5.06. The molecule has 0 fully saturated rings. The molecule has 9 heteroatoms. The summed E-state index contributed by atoms with van der Waals surface area (Å²) in [6.07, 6.45) is 1.37. The number of nitrogens with zero attached hydrogens (tertiary/aromatic N) is 5. The summed E-state index contributed by atoms with van der Waals surface area (Å²) in [7, 11) is 1.48. The van der Waals surface area contributed by atoms with Gasteiger partial charge in [0.25, 0.3) is 5.88 Å². The topological polar surface area (TPSA) is 100 Å². The summed E-state index contributed by atoms with van der Waals surface area (Å²) in [4.78, 5) is 16.5. The van der Waals surface area contributed by atoms with E-state index in [-0.39, 0.29) is 35.3 Å². The zero-order valence-electron chi connectivity index (χ0n) is 13.5. The molecule has 0 N–H and O–H groups in total. The van der Waals surface area contributed by atoms with E-state index in [9.17, 15) is 4.79 Å². The first-order valence-electron chi connectivity index (χ1n) is 7.54. The first-order valence-corrected chi connectivity index (χ1v) is 7.54. The molecule has 3 heterocycles. The van der Waals surface area contributed by atoms with Gasteiger partial charge in [-0.05, 0) is 19.1 Å². The molecular weight excluding hydrogens is 326 g/mol. The van der Waals surface area contributed by atoms with Gasteiger partial charge in [0.1, 0.15) is 11.3 Å². The standard InChI is InChI=1S/C16H13N5O4/c1-3-24-16(22)9-8-17-21-13(9)20-19-12-14(23-2)18-10-6-4-5-7-11(10)25-15(12)21/h4-8H,3H2,1-2H3. The van der Waals surface area contributed by atoms with Crippen LogP contribution in [-0.2, 0) is 9.47 Å². The molecule has 9 nitrogen and oxygen atoms in total. The predicted octanol–water partition coefficient (Wildman–Crippen LogP) is 2.13. The SMILES string of the molecule is CCOC(=O)c1cnn2c3c(nnc12)C(OC)=Nc1ccccc1O3. The van der Waals surface area contributed by atoms with Crippen LogP contribution in [0, 0.1) is 0 Å². The summed E-state index contributed by atoms with van der Waals surface area (Å²) >= 11 is 0. The van der Waals surface area contributed by atoms with E-state index in [1.165, 1.54) is 17.8 Å². The average Bonchev–Trinajstić information content (AvgIpc) is 2.99. The summed E-state index contributed by atoms with van der Waals surface area (Å²) in [6.45, 7) is 1.97. The van der Waals surface area contributed by atoms with E-state index in [0.717, 1.165) is 0 Å². The third kappa shape index (κ3) is 2.36. The Labute approximate surface area is 141 Å². The maximum Gasteiger partial charge on any atom is 0.343 e. The summed E-state index contributed by atoms with van der Waals surface area (Å²) in [5.74, 6) is 0.480. The normalized spacial score (nSPS) is 12.5. The van der Waals surface area contributed by atoms with Gasteiger partial charge in [-0.25, -0.2) is 9.79 Å². The molecule has 0 bridgehead atoms. The van der Waals surface area contributed by atoms with Crippen molar-refractivity contribution in [2.45, 2.75) is 6.92 Å². The molecule has 3 aromatic rings. The summed E-state index contributed by atoms with van der Waals surface area (Å²) in [6, 6.07) is 7.22. The average molecular weight is 339 g/mol. The zero-order valence-corrected chi connectivity index (χ0v) is 13.5. The van der Waals surface area contributed by atoms with Crippen LogP contribution in [0.3, 0.4) is 0 Å². The van der Waals surface area contributed by atoms with Crippen LogP contribution >= 0.6 is 0 Å². The molecule has 1 aromatic carbocycles. The smallest absolute Gasteiger partial charge is 0.343 e. The Balaban J connectivity index is 1.94. The van der Waals surface area contributed by atoms with Gasteiger partial charge < -0.3 is 14.2 Å². The van der Waals surface area contributed by atoms with E-state index >= 15 is 0 Å². The van der Waals surface area contributed by atoms with Gasteiger partial charge in [0.2, 0.25) is 11.6 Å². The number of para-hydroxylation sites is 2. The highest BCUT2D eigenvalue weighted by Gasteiger charge is 2.27. The maximum absolute atomic E-state index is 12.0. The summed E-state index contributed by atoms with van der Waals surface area (Å²) < 4.78 is 17.7. The number of benzene rings is 1. The van der Waals surface area contributed by atoms with Gasteiger partial charge in [0.15, 0.2) is 11.4 Å². The molecule has 0 amide bonds. The molecule has 25 heavy (non-hydrogen) atoms. The van der Waals surface area contributed by atoms with Gasteiger partial charge in [-0.3, -0.25) is 0 Å². The van der Waals surface area contributed by atoms with Crippen LogP contribution in [0.15, 0.2) is 35.5 Å². The van der Waals surface area contributed by atoms with Crippen molar-refractivity contribution in [3.05, 3.63) is 41.7 Å². The molecule has 0 spiro atoms. The van der Waals surface area contributed by atoms with E-state index in [4.69, 9.17) is 14.2 Å². The van der Waals surface area contributed by atoms with E-state index in [2.05, 4.69) is 20.3 Å². The first-order chi connectivity index (χ1) is 12.2. The second kappa shape index (κ2) is 5.86. The lowest BCUT2D eigenvalue weighted by Crippen LogP contribution is -2.13. The van der Waals surface area contributed by atoms with Crippen molar-refractivity contribution in [2.24, 2.45) is 4.99 Å². The lowest BCUT2D eigenvalue weighted by atomic mass is 10.3. The van der Waals surface area contributed by atoms with E-state index in [0.29, 0.717) is 11.4 Å². The Morgan fingerprint density at radius 3 is 2.92 bits per heavy atom. The largest absolute Gasteiger partial charge is 0.479 e. The molecule has 1 aliphatic heterocycles. The highest BCUT2D eigenvalue weighted by atomic mass is 16.5. The Morgan fingerprint density at radius 2 is 2.12 bits per heavy atom. The molecule has 2 aromatic heterocycles. The van der Waals surface area contributed by atoms with Crippen molar-refractivity contribution in [3.63, 3.8) is 0 Å². The van der Waals surface area contributed by atoms with Crippen LogP contribution in [-0.4, -0.2) is 45.4 Å². The number of aliphatic imine (C=N–C) groups is 1.